The van der Waals surface area contributed by atoms with E-state index in [1.807, 2.05) is 6.07 Å². The number of rotatable bonds is 4. The average molecular weight is 405 g/mol. The van der Waals surface area contributed by atoms with Crippen LogP contribution in [0.15, 0.2) is 36.4 Å². The van der Waals surface area contributed by atoms with Gasteiger partial charge in [0.05, 0.1) is 22.1 Å². The summed E-state index contributed by atoms with van der Waals surface area (Å²) in [4.78, 5) is 12.0. The van der Waals surface area contributed by atoms with Gasteiger partial charge in [0, 0.05) is 9.61 Å². The van der Waals surface area contributed by atoms with Crippen LogP contribution in [0.5, 0.6) is 0 Å². The Bertz CT molecular complexity index is 812. The maximum atomic E-state index is 4.79. The highest BCUT2D eigenvalue weighted by Gasteiger charge is 2.13. The number of aromatic nitrogens is 2. The maximum Gasteiger partial charge on any atom is 0.0905 e. The third-order valence-corrected chi connectivity index (χ3v) is 4.93. The Hall–Kier alpha value is -1.27. The van der Waals surface area contributed by atoms with Crippen molar-refractivity contribution < 1.29 is 0 Å². The number of fused-ring (bicyclic) bond motifs is 2. The molecule has 1 heterocycles. The number of halogens is 1. The first-order valence-electron chi connectivity index (χ1n) is 7.73. The first kappa shape index (κ1) is 15.6. The third-order valence-electron chi connectivity index (χ3n) is 4.26. The van der Waals surface area contributed by atoms with E-state index < -0.39 is 0 Å². The van der Waals surface area contributed by atoms with Crippen LogP contribution in [0, 0.1) is 3.57 Å². The molecule has 0 aliphatic carbocycles. The Morgan fingerprint density at radius 3 is 2.14 bits per heavy atom. The van der Waals surface area contributed by atoms with E-state index in [4.69, 9.17) is 9.97 Å². The molecule has 114 valence electrons. The predicted octanol–water partition coefficient (Wildman–Crippen LogP) is 4.79. The largest absolute Gasteiger partial charge is 0.297 e. The van der Waals surface area contributed by atoms with Crippen molar-refractivity contribution in [1.82, 2.24) is 14.9 Å². The van der Waals surface area contributed by atoms with E-state index in [1.54, 1.807) is 0 Å². The first-order valence-corrected chi connectivity index (χ1v) is 8.81. The molecule has 0 amide bonds. The van der Waals surface area contributed by atoms with Crippen molar-refractivity contribution in [3.8, 4) is 0 Å². The van der Waals surface area contributed by atoms with Crippen LogP contribution in [0.4, 0.5) is 0 Å². The minimum Gasteiger partial charge on any atom is -0.297 e. The van der Waals surface area contributed by atoms with Gasteiger partial charge in [0.2, 0.25) is 0 Å². The second-order valence-corrected chi connectivity index (χ2v) is 6.75. The lowest BCUT2D eigenvalue weighted by molar-refractivity contribution is 0.234. The molecule has 0 N–H and O–H groups in total. The standard InChI is InChI=1S/C18H20IN3/c1-4-22(5-2)12(3)13-6-8-15-17(10-13)20-16-9-7-14(19)11-18(16)21-15/h6-12H,4-5H2,1-3H3. The fourth-order valence-electron chi connectivity index (χ4n) is 2.91. The van der Waals surface area contributed by atoms with Gasteiger partial charge in [-0.2, -0.15) is 0 Å². The summed E-state index contributed by atoms with van der Waals surface area (Å²) in [5.74, 6) is 0. The highest BCUT2D eigenvalue weighted by Crippen LogP contribution is 2.24. The molecular weight excluding hydrogens is 385 g/mol. The third kappa shape index (κ3) is 2.94. The van der Waals surface area contributed by atoms with Crippen molar-refractivity contribution in [1.29, 1.82) is 0 Å². The van der Waals surface area contributed by atoms with E-state index in [0.717, 1.165) is 35.2 Å². The minimum absolute atomic E-state index is 0.397. The molecule has 0 bridgehead atoms. The molecule has 0 aliphatic heterocycles. The molecule has 4 heteroatoms. The average Bonchev–Trinajstić information content (AvgIpc) is 2.53. The zero-order valence-electron chi connectivity index (χ0n) is 13.2. The van der Waals surface area contributed by atoms with E-state index in [9.17, 15) is 0 Å². The van der Waals surface area contributed by atoms with E-state index in [2.05, 4.69) is 78.6 Å². The highest BCUT2D eigenvalue weighted by atomic mass is 127. The summed E-state index contributed by atoms with van der Waals surface area (Å²) in [5, 5.41) is 0. The molecule has 3 rings (SSSR count). The van der Waals surface area contributed by atoms with E-state index in [-0.39, 0.29) is 0 Å². The van der Waals surface area contributed by atoms with Crippen LogP contribution in [0.2, 0.25) is 0 Å². The van der Waals surface area contributed by atoms with Crippen LogP contribution >= 0.6 is 22.6 Å². The normalized spacial score (nSPS) is 13.1. The Morgan fingerprint density at radius 1 is 0.909 bits per heavy atom. The zero-order chi connectivity index (χ0) is 15.7. The number of benzene rings is 2. The van der Waals surface area contributed by atoms with Crippen LogP contribution in [-0.2, 0) is 0 Å². The molecule has 0 radical (unpaired) electrons. The lowest BCUT2D eigenvalue weighted by atomic mass is 10.1. The lowest BCUT2D eigenvalue weighted by Crippen LogP contribution is -2.26. The minimum atomic E-state index is 0.397. The van der Waals surface area contributed by atoms with E-state index in [0.29, 0.717) is 6.04 Å². The van der Waals surface area contributed by atoms with Gasteiger partial charge >= 0.3 is 0 Å². The van der Waals surface area contributed by atoms with Gasteiger partial charge in [-0.05, 0) is 78.5 Å². The predicted molar refractivity (Wildman–Crippen MR) is 101 cm³/mol. The van der Waals surface area contributed by atoms with Crippen molar-refractivity contribution in [3.05, 3.63) is 45.5 Å². The van der Waals surface area contributed by atoms with Crippen LogP contribution in [-0.4, -0.2) is 28.0 Å². The Kier molecular flexibility index (Phi) is 4.59. The molecule has 1 aromatic heterocycles. The van der Waals surface area contributed by atoms with Crippen LogP contribution in [0.1, 0.15) is 32.4 Å². The van der Waals surface area contributed by atoms with Gasteiger partial charge in [-0.25, -0.2) is 9.97 Å². The Labute approximate surface area is 144 Å². The van der Waals surface area contributed by atoms with Gasteiger partial charge in [-0.1, -0.05) is 19.9 Å². The quantitative estimate of drug-likeness (QED) is 0.462. The molecule has 3 aromatic rings. The summed E-state index contributed by atoms with van der Waals surface area (Å²) in [6, 6.07) is 13.1. The van der Waals surface area contributed by atoms with Crippen molar-refractivity contribution >= 4 is 44.7 Å². The highest BCUT2D eigenvalue weighted by molar-refractivity contribution is 14.1. The van der Waals surface area contributed by atoms with Gasteiger partial charge in [-0.3, -0.25) is 4.90 Å². The Balaban J connectivity index is 2.09. The topological polar surface area (TPSA) is 29.0 Å². The monoisotopic (exact) mass is 405 g/mol. The van der Waals surface area contributed by atoms with Crippen molar-refractivity contribution in [3.63, 3.8) is 0 Å². The molecule has 3 nitrogen and oxygen atoms in total. The fraction of sp³-hybridized carbons (Fsp3) is 0.333. The molecule has 0 saturated carbocycles. The number of nitrogens with zero attached hydrogens (tertiary/aromatic N) is 3. The molecule has 0 aliphatic rings. The first-order chi connectivity index (χ1) is 10.6. The van der Waals surface area contributed by atoms with Crippen molar-refractivity contribution in [2.75, 3.05) is 13.1 Å². The molecule has 0 saturated heterocycles. The molecule has 1 unspecified atom stereocenters. The second-order valence-electron chi connectivity index (χ2n) is 5.50. The van der Waals surface area contributed by atoms with E-state index in [1.165, 1.54) is 9.13 Å². The molecule has 2 aromatic carbocycles. The zero-order valence-corrected chi connectivity index (χ0v) is 15.3. The van der Waals surface area contributed by atoms with Gasteiger partial charge in [0.25, 0.3) is 0 Å². The summed E-state index contributed by atoms with van der Waals surface area (Å²) in [6.45, 7) is 8.77. The second kappa shape index (κ2) is 6.46. The summed E-state index contributed by atoms with van der Waals surface area (Å²) in [7, 11) is 0. The number of hydrogen-bond acceptors (Lipinski definition) is 3. The lowest BCUT2D eigenvalue weighted by Gasteiger charge is -2.26. The van der Waals surface area contributed by atoms with E-state index >= 15 is 0 Å². The van der Waals surface area contributed by atoms with Crippen molar-refractivity contribution in [2.24, 2.45) is 0 Å². The van der Waals surface area contributed by atoms with Gasteiger partial charge < -0.3 is 0 Å². The van der Waals surface area contributed by atoms with Gasteiger partial charge in [0.1, 0.15) is 0 Å². The van der Waals surface area contributed by atoms with Crippen LogP contribution < -0.4 is 0 Å². The smallest absolute Gasteiger partial charge is 0.0905 e. The summed E-state index contributed by atoms with van der Waals surface area (Å²) < 4.78 is 1.19. The molecule has 1 atom stereocenters. The van der Waals surface area contributed by atoms with Gasteiger partial charge in [0.15, 0.2) is 0 Å². The SMILES string of the molecule is CCN(CC)C(C)c1ccc2nc3cc(I)ccc3nc2c1. The van der Waals surface area contributed by atoms with Crippen molar-refractivity contribution in [2.45, 2.75) is 26.8 Å². The van der Waals surface area contributed by atoms with Crippen LogP contribution in [0.3, 0.4) is 0 Å². The van der Waals surface area contributed by atoms with Gasteiger partial charge in [-0.15, -0.1) is 0 Å². The number of hydrogen-bond donors (Lipinski definition) is 0. The molecule has 22 heavy (non-hydrogen) atoms. The van der Waals surface area contributed by atoms with Crippen LogP contribution in [0.25, 0.3) is 22.1 Å². The molecule has 0 fully saturated rings. The molecule has 0 spiro atoms. The maximum absolute atomic E-state index is 4.79. The molecular formula is C18H20IN3. The summed E-state index contributed by atoms with van der Waals surface area (Å²) >= 11 is 2.31. The summed E-state index contributed by atoms with van der Waals surface area (Å²) in [5.41, 5.74) is 5.16. The summed E-state index contributed by atoms with van der Waals surface area (Å²) in [6.07, 6.45) is 0. The Morgan fingerprint density at radius 2 is 1.50 bits per heavy atom. The fourth-order valence-corrected chi connectivity index (χ4v) is 3.38.